The number of hydrogen-bond donors (Lipinski definition) is 1. The number of ether oxygens (including phenoxy) is 1. The lowest BCUT2D eigenvalue weighted by Gasteiger charge is -2.27. The van der Waals surface area contributed by atoms with Gasteiger partial charge in [0, 0.05) is 24.8 Å². The van der Waals surface area contributed by atoms with Crippen molar-refractivity contribution in [2.75, 3.05) is 36.9 Å². The minimum atomic E-state index is -4.62. The van der Waals surface area contributed by atoms with Gasteiger partial charge in [-0.2, -0.15) is 37.9 Å². The van der Waals surface area contributed by atoms with Gasteiger partial charge >= 0.3 is 6.18 Å². The number of aromatic nitrogens is 6. The molecule has 0 amide bonds. The molecular formula is C17H17F3N8O. The van der Waals surface area contributed by atoms with E-state index in [-0.39, 0.29) is 23.4 Å². The molecule has 0 atom stereocenters. The molecule has 3 aromatic rings. The summed E-state index contributed by atoms with van der Waals surface area (Å²) in [4.78, 5) is 18.7. The molecule has 2 N–H and O–H groups in total. The summed E-state index contributed by atoms with van der Waals surface area (Å²) in [6, 6.07) is 4.15. The van der Waals surface area contributed by atoms with Crippen LogP contribution in [0.4, 0.5) is 24.9 Å². The average molecular weight is 406 g/mol. The first-order chi connectivity index (χ1) is 13.8. The van der Waals surface area contributed by atoms with Crippen molar-refractivity contribution in [1.82, 2.24) is 29.7 Å². The molecule has 0 unspecified atom stereocenters. The Hall–Kier alpha value is -3.28. The SMILES string of the molecule is Cc1cc(C(F)(F)F)n(-c2nc(-c3ccc(N)nc3)nc(N3CCOCC3)n2)n1. The number of anilines is 2. The standard InChI is InChI=1S/C17H17F3N8O/c1-10-8-12(17(18,19)20)28(26-10)16-24-14(11-2-3-13(21)22-9-11)23-15(25-16)27-4-6-29-7-5-27/h2-3,8-9H,4-7H2,1H3,(H2,21,22). The maximum absolute atomic E-state index is 13.5. The van der Waals surface area contributed by atoms with Gasteiger partial charge in [-0.3, -0.25) is 0 Å². The molecule has 9 nitrogen and oxygen atoms in total. The van der Waals surface area contributed by atoms with E-state index in [0.717, 1.165) is 6.07 Å². The van der Waals surface area contributed by atoms with Gasteiger partial charge in [0.15, 0.2) is 11.5 Å². The molecule has 12 heteroatoms. The highest BCUT2D eigenvalue weighted by atomic mass is 19.4. The fraction of sp³-hybridized carbons (Fsp3) is 0.353. The van der Waals surface area contributed by atoms with Crippen molar-refractivity contribution >= 4 is 11.8 Å². The van der Waals surface area contributed by atoms with E-state index in [4.69, 9.17) is 10.5 Å². The third-order valence-corrected chi connectivity index (χ3v) is 4.26. The van der Waals surface area contributed by atoms with E-state index in [9.17, 15) is 13.2 Å². The average Bonchev–Trinajstić information content (AvgIpc) is 3.11. The topological polar surface area (TPSA) is 108 Å². The fourth-order valence-corrected chi connectivity index (χ4v) is 2.87. The number of morpholine rings is 1. The van der Waals surface area contributed by atoms with E-state index in [1.54, 1.807) is 12.1 Å². The molecule has 0 saturated carbocycles. The van der Waals surface area contributed by atoms with Crippen molar-refractivity contribution in [3.63, 3.8) is 0 Å². The predicted octanol–water partition coefficient (Wildman–Crippen LogP) is 1.87. The zero-order valence-electron chi connectivity index (χ0n) is 15.4. The van der Waals surface area contributed by atoms with Gasteiger partial charge in [-0.05, 0) is 25.1 Å². The van der Waals surface area contributed by atoms with Gasteiger partial charge in [0.25, 0.3) is 5.95 Å². The van der Waals surface area contributed by atoms with E-state index < -0.39 is 11.9 Å². The normalized spacial score (nSPS) is 15.0. The monoisotopic (exact) mass is 406 g/mol. The van der Waals surface area contributed by atoms with Gasteiger partial charge in [-0.15, -0.1) is 0 Å². The van der Waals surface area contributed by atoms with Crippen LogP contribution in [0, 0.1) is 6.92 Å². The summed E-state index contributed by atoms with van der Waals surface area (Å²) >= 11 is 0. The van der Waals surface area contributed by atoms with E-state index in [1.807, 2.05) is 4.90 Å². The maximum atomic E-state index is 13.5. The van der Waals surface area contributed by atoms with Gasteiger partial charge in [-0.25, -0.2) is 4.98 Å². The van der Waals surface area contributed by atoms with E-state index in [2.05, 4.69) is 25.0 Å². The van der Waals surface area contributed by atoms with Gasteiger partial charge in [-0.1, -0.05) is 0 Å². The molecule has 4 rings (SSSR count). The molecule has 29 heavy (non-hydrogen) atoms. The molecule has 0 spiro atoms. The molecule has 0 bridgehead atoms. The summed E-state index contributed by atoms with van der Waals surface area (Å²) in [7, 11) is 0. The molecule has 4 heterocycles. The maximum Gasteiger partial charge on any atom is 0.433 e. The molecule has 0 aliphatic carbocycles. The number of nitrogens with zero attached hydrogens (tertiary/aromatic N) is 7. The van der Waals surface area contributed by atoms with Gasteiger partial charge in [0.05, 0.1) is 18.9 Å². The molecular weight excluding hydrogens is 389 g/mol. The van der Waals surface area contributed by atoms with E-state index in [1.165, 1.54) is 13.1 Å². The second-order valence-electron chi connectivity index (χ2n) is 6.41. The minimum Gasteiger partial charge on any atom is -0.384 e. The molecule has 1 aliphatic rings. The summed E-state index contributed by atoms with van der Waals surface area (Å²) in [6.07, 6.45) is -3.16. The summed E-state index contributed by atoms with van der Waals surface area (Å²) in [6.45, 7) is 3.42. The van der Waals surface area contributed by atoms with E-state index in [0.29, 0.717) is 42.4 Å². The number of nitrogen functional groups attached to an aromatic ring is 1. The molecule has 1 aliphatic heterocycles. The van der Waals surface area contributed by atoms with Gasteiger partial charge < -0.3 is 15.4 Å². The van der Waals surface area contributed by atoms with Crippen molar-refractivity contribution in [2.45, 2.75) is 13.1 Å². The van der Waals surface area contributed by atoms with Crippen LogP contribution in [0.15, 0.2) is 24.4 Å². The fourth-order valence-electron chi connectivity index (χ4n) is 2.87. The Labute approximate surface area is 163 Å². The number of rotatable bonds is 3. The molecule has 1 saturated heterocycles. The summed E-state index contributed by atoms with van der Waals surface area (Å²) in [5.41, 5.74) is 5.35. The minimum absolute atomic E-state index is 0.172. The lowest BCUT2D eigenvalue weighted by atomic mass is 10.2. The highest BCUT2D eigenvalue weighted by molar-refractivity contribution is 5.57. The third kappa shape index (κ3) is 3.97. The van der Waals surface area contributed by atoms with Crippen molar-refractivity contribution < 1.29 is 17.9 Å². The lowest BCUT2D eigenvalue weighted by Crippen LogP contribution is -2.37. The smallest absolute Gasteiger partial charge is 0.384 e. The Morgan fingerprint density at radius 2 is 1.79 bits per heavy atom. The number of hydrogen-bond acceptors (Lipinski definition) is 8. The van der Waals surface area contributed by atoms with Crippen LogP contribution in [0.2, 0.25) is 0 Å². The van der Waals surface area contributed by atoms with Crippen LogP contribution in [0.5, 0.6) is 0 Å². The highest BCUT2D eigenvalue weighted by Crippen LogP contribution is 2.31. The van der Waals surface area contributed by atoms with Crippen LogP contribution in [0.1, 0.15) is 11.4 Å². The Bertz CT molecular complexity index is 1010. The first-order valence-electron chi connectivity index (χ1n) is 8.76. The van der Waals surface area contributed by atoms with Crippen LogP contribution in [-0.2, 0) is 10.9 Å². The first kappa shape index (κ1) is 19.1. The largest absolute Gasteiger partial charge is 0.433 e. The van der Waals surface area contributed by atoms with Crippen molar-refractivity contribution in [2.24, 2.45) is 0 Å². The van der Waals surface area contributed by atoms with Gasteiger partial charge in [0.2, 0.25) is 5.95 Å². The van der Waals surface area contributed by atoms with E-state index >= 15 is 0 Å². The van der Waals surface area contributed by atoms with Crippen LogP contribution < -0.4 is 10.6 Å². The Morgan fingerprint density at radius 3 is 2.45 bits per heavy atom. The van der Waals surface area contributed by atoms with Crippen LogP contribution in [-0.4, -0.2) is 56.0 Å². The van der Waals surface area contributed by atoms with Crippen LogP contribution in [0.25, 0.3) is 17.3 Å². The first-order valence-corrected chi connectivity index (χ1v) is 8.76. The Balaban J connectivity index is 1.87. The molecule has 3 aromatic heterocycles. The van der Waals surface area contributed by atoms with Crippen LogP contribution >= 0.6 is 0 Å². The Kier molecular flexibility index (Phi) is 4.78. The number of pyridine rings is 1. The zero-order valence-corrected chi connectivity index (χ0v) is 15.4. The summed E-state index contributed by atoms with van der Waals surface area (Å²) in [5, 5.41) is 3.95. The quantitative estimate of drug-likeness (QED) is 0.702. The number of halogens is 3. The molecule has 1 fully saturated rings. The summed E-state index contributed by atoms with van der Waals surface area (Å²) < 4.78 is 46.5. The second kappa shape index (κ2) is 7.28. The second-order valence-corrected chi connectivity index (χ2v) is 6.41. The third-order valence-electron chi connectivity index (χ3n) is 4.26. The molecule has 152 valence electrons. The zero-order chi connectivity index (χ0) is 20.6. The number of nitrogens with two attached hydrogens (primary N) is 1. The van der Waals surface area contributed by atoms with Crippen molar-refractivity contribution in [3.8, 4) is 17.3 Å². The highest BCUT2D eigenvalue weighted by Gasteiger charge is 2.37. The van der Waals surface area contributed by atoms with Crippen molar-refractivity contribution in [3.05, 3.63) is 35.8 Å². The van der Waals surface area contributed by atoms with Gasteiger partial charge in [0.1, 0.15) is 5.82 Å². The van der Waals surface area contributed by atoms with Crippen molar-refractivity contribution in [1.29, 1.82) is 0 Å². The summed E-state index contributed by atoms with van der Waals surface area (Å²) in [5.74, 6) is 0.490. The number of alkyl halides is 3. The predicted molar refractivity (Wildman–Crippen MR) is 97.4 cm³/mol. The van der Waals surface area contributed by atoms with Crippen LogP contribution in [0.3, 0.4) is 0 Å². The lowest BCUT2D eigenvalue weighted by molar-refractivity contribution is -0.142. The molecule has 0 radical (unpaired) electrons. The number of aryl methyl sites for hydroxylation is 1. The molecule has 0 aromatic carbocycles. The Morgan fingerprint density at radius 1 is 1.07 bits per heavy atom.